The molecule has 0 fully saturated rings. The molecule has 0 radical (unpaired) electrons. The molecule has 1 aromatic carbocycles. The van der Waals surface area contributed by atoms with Gasteiger partial charge in [-0.25, -0.2) is 4.39 Å². The third-order valence-electron chi connectivity index (χ3n) is 3.18. The van der Waals surface area contributed by atoms with E-state index in [1.807, 2.05) is 13.8 Å². The van der Waals surface area contributed by atoms with Crippen molar-refractivity contribution in [2.75, 3.05) is 5.32 Å². The van der Waals surface area contributed by atoms with Crippen LogP contribution in [-0.4, -0.2) is 5.91 Å². The van der Waals surface area contributed by atoms with E-state index in [0.717, 1.165) is 5.56 Å². The normalized spacial score (nSPS) is 16.6. The molecule has 1 aromatic rings. The first-order chi connectivity index (χ1) is 7.99. The standard InChI is InChI=1S/C13H17FN2O/c1-7(2)12(15)10-6-9(14)5-8-3-4-11(17)16-13(8)10/h5-7,12H,3-4,15H2,1-2H3,(H,16,17). The Hall–Kier alpha value is -1.42. The number of hydrogen-bond acceptors (Lipinski definition) is 2. The Kier molecular flexibility index (Phi) is 3.15. The average Bonchev–Trinajstić information content (AvgIpc) is 2.27. The van der Waals surface area contributed by atoms with E-state index in [-0.39, 0.29) is 23.7 Å². The van der Waals surface area contributed by atoms with E-state index >= 15 is 0 Å². The van der Waals surface area contributed by atoms with Gasteiger partial charge in [0.25, 0.3) is 0 Å². The molecule has 0 aromatic heterocycles. The molecular weight excluding hydrogens is 219 g/mol. The first-order valence-electron chi connectivity index (χ1n) is 5.86. The molecule has 1 aliphatic rings. The number of benzene rings is 1. The lowest BCUT2D eigenvalue weighted by Gasteiger charge is -2.25. The number of carbonyl (C=O) groups excluding carboxylic acids is 1. The molecule has 3 N–H and O–H groups in total. The van der Waals surface area contributed by atoms with E-state index in [0.29, 0.717) is 24.1 Å². The van der Waals surface area contributed by atoms with Crippen LogP contribution in [0.2, 0.25) is 0 Å². The van der Waals surface area contributed by atoms with Crippen molar-refractivity contribution >= 4 is 11.6 Å². The minimum absolute atomic E-state index is 0.0266. The number of anilines is 1. The molecule has 4 heteroatoms. The second kappa shape index (κ2) is 4.45. The Morgan fingerprint density at radius 1 is 1.35 bits per heavy atom. The minimum atomic E-state index is -0.286. The molecule has 92 valence electrons. The van der Waals surface area contributed by atoms with Crippen LogP contribution in [0.1, 0.15) is 37.4 Å². The Labute approximate surface area is 100 Å². The summed E-state index contributed by atoms with van der Waals surface area (Å²) in [5, 5.41) is 2.81. The van der Waals surface area contributed by atoms with Crippen LogP contribution in [-0.2, 0) is 11.2 Å². The van der Waals surface area contributed by atoms with Crippen LogP contribution in [0.15, 0.2) is 12.1 Å². The highest BCUT2D eigenvalue weighted by atomic mass is 19.1. The molecule has 0 saturated carbocycles. The molecule has 0 spiro atoms. The van der Waals surface area contributed by atoms with E-state index in [1.165, 1.54) is 12.1 Å². The number of aryl methyl sites for hydroxylation is 1. The Bertz CT molecular complexity index is 457. The molecule has 0 saturated heterocycles. The van der Waals surface area contributed by atoms with Crippen LogP contribution in [0.5, 0.6) is 0 Å². The van der Waals surface area contributed by atoms with Gasteiger partial charge in [0.1, 0.15) is 5.82 Å². The van der Waals surface area contributed by atoms with Gasteiger partial charge in [-0.3, -0.25) is 4.79 Å². The van der Waals surface area contributed by atoms with Crippen LogP contribution < -0.4 is 11.1 Å². The van der Waals surface area contributed by atoms with Crippen molar-refractivity contribution in [2.45, 2.75) is 32.7 Å². The van der Waals surface area contributed by atoms with Gasteiger partial charge in [0.2, 0.25) is 5.91 Å². The fourth-order valence-electron chi connectivity index (χ4n) is 2.11. The molecule has 0 aliphatic carbocycles. The van der Waals surface area contributed by atoms with Gasteiger partial charge in [0.05, 0.1) is 0 Å². The van der Waals surface area contributed by atoms with Gasteiger partial charge in [-0.1, -0.05) is 13.8 Å². The summed E-state index contributed by atoms with van der Waals surface area (Å²) < 4.78 is 13.5. The zero-order valence-electron chi connectivity index (χ0n) is 10.1. The van der Waals surface area contributed by atoms with Crippen molar-refractivity contribution in [1.82, 2.24) is 0 Å². The van der Waals surface area contributed by atoms with Gasteiger partial charge in [-0.05, 0) is 35.6 Å². The van der Waals surface area contributed by atoms with Gasteiger partial charge < -0.3 is 11.1 Å². The maximum absolute atomic E-state index is 13.5. The van der Waals surface area contributed by atoms with Crippen LogP contribution in [0.3, 0.4) is 0 Å². The van der Waals surface area contributed by atoms with Crippen molar-refractivity contribution in [3.8, 4) is 0 Å². The Morgan fingerprint density at radius 3 is 2.71 bits per heavy atom. The Balaban J connectivity index is 2.50. The number of fused-ring (bicyclic) bond motifs is 1. The van der Waals surface area contributed by atoms with Crippen molar-refractivity contribution in [1.29, 1.82) is 0 Å². The maximum Gasteiger partial charge on any atom is 0.224 e. The van der Waals surface area contributed by atoms with Crippen molar-refractivity contribution < 1.29 is 9.18 Å². The number of hydrogen-bond donors (Lipinski definition) is 2. The third kappa shape index (κ3) is 2.31. The zero-order valence-corrected chi connectivity index (χ0v) is 10.1. The quantitative estimate of drug-likeness (QED) is 0.828. The van der Waals surface area contributed by atoms with Gasteiger partial charge in [-0.15, -0.1) is 0 Å². The van der Waals surface area contributed by atoms with Crippen molar-refractivity contribution in [2.24, 2.45) is 11.7 Å². The number of amides is 1. The van der Waals surface area contributed by atoms with Crippen molar-refractivity contribution in [3.05, 3.63) is 29.1 Å². The predicted octanol–water partition coefficient (Wildman–Crippen LogP) is 2.37. The summed E-state index contributed by atoms with van der Waals surface area (Å²) in [6.45, 7) is 3.96. The summed E-state index contributed by atoms with van der Waals surface area (Å²) in [5.41, 5.74) is 8.31. The smallest absolute Gasteiger partial charge is 0.224 e. The highest BCUT2D eigenvalue weighted by Gasteiger charge is 2.23. The third-order valence-corrected chi connectivity index (χ3v) is 3.18. The summed E-state index contributed by atoms with van der Waals surface area (Å²) in [4.78, 5) is 11.4. The van der Waals surface area contributed by atoms with Crippen LogP contribution >= 0.6 is 0 Å². The van der Waals surface area contributed by atoms with E-state index in [2.05, 4.69) is 5.32 Å². The van der Waals surface area contributed by atoms with Crippen LogP contribution in [0, 0.1) is 11.7 Å². The van der Waals surface area contributed by atoms with Crippen molar-refractivity contribution in [3.63, 3.8) is 0 Å². The minimum Gasteiger partial charge on any atom is -0.326 e. The highest BCUT2D eigenvalue weighted by molar-refractivity contribution is 5.95. The SMILES string of the molecule is CC(C)C(N)c1cc(F)cc2c1NC(=O)CC2. The second-order valence-corrected chi connectivity index (χ2v) is 4.85. The summed E-state index contributed by atoms with van der Waals surface area (Å²) in [5.74, 6) is -0.118. The van der Waals surface area contributed by atoms with Gasteiger partial charge >= 0.3 is 0 Å². The van der Waals surface area contributed by atoms with Gasteiger partial charge in [0, 0.05) is 18.2 Å². The van der Waals surface area contributed by atoms with Gasteiger partial charge in [-0.2, -0.15) is 0 Å². The summed E-state index contributed by atoms with van der Waals surface area (Å²) in [6.07, 6.45) is 0.990. The highest BCUT2D eigenvalue weighted by Crippen LogP contribution is 2.33. The number of rotatable bonds is 2. The summed E-state index contributed by atoms with van der Waals surface area (Å²) in [7, 11) is 0. The topological polar surface area (TPSA) is 55.1 Å². The van der Waals surface area contributed by atoms with E-state index in [9.17, 15) is 9.18 Å². The molecule has 0 bridgehead atoms. The molecule has 1 amide bonds. The fourth-order valence-corrected chi connectivity index (χ4v) is 2.11. The van der Waals surface area contributed by atoms with E-state index < -0.39 is 0 Å². The average molecular weight is 236 g/mol. The van der Waals surface area contributed by atoms with E-state index in [4.69, 9.17) is 5.73 Å². The largest absolute Gasteiger partial charge is 0.326 e. The number of nitrogens with one attached hydrogen (secondary N) is 1. The second-order valence-electron chi connectivity index (χ2n) is 4.85. The zero-order chi connectivity index (χ0) is 12.6. The monoisotopic (exact) mass is 236 g/mol. The van der Waals surface area contributed by atoms with E-state index in [1.54, 1.807) is 0 Å². The Morgan fingerprint density at radius 2 is 2.06 bits per heavy atom. The molecule has 1 unspecified atom stereocenters. The molecule has 1 heterocycles. The first-order valence-corrected chi connectivity index (χ1v) is 5.86. The molecule has 1 aliphatic heterocycles. The van der Waals surface area contributed by atoms with Crippen LogP contribution in [0.4, 0.5) is 10.1 Å². The summed E-state index contributed by atoms with van der Waals surface area (Å²) in [6, 6.07) is 2.64. The lowest BCUT2D eigenvalue weighted by Crippen LogP contribution is -2.25. The fraction of sp³-hybridized carbons (Fsp3) is 0.462. The van der Waals surface area contributed by atoms with Crippen LogP contribution in [0.25, 0.3) is 0 Å². The maximum atomic E-state index is 13.5. The molecule has 2 rings (SSSR count). The molecule has 1 atom stereocenters. The molecular formula is C13H17FN2O. The predicted molar refractivity (Wildman–Crippen MR) is 65.1 cm³/mol. The number of nitrogens with two attached hydrogens (primary N) is 1. The summed E-state index contributed by atoms with van der Waals surface area (Å²) >= 11 is 0. The molecule has 17 heavy (non-hydrogen) atoms. The number of halogens is 1. The first kappa shape index (κ1) is 12.0. The lowest BCUT2D eigenvalue weighted by molar-refractivity contribution is -0.116. The number of carbonyl (C=O) groups is 1. The lowest BCUT2D eigenvalue weighted by atomic mass is 9.90. The molecule has 3 nitrogen and oxygen atoms in total. The van der Waals surface area contributed by atoms with Gasteiger partial charge in [0.15, 0.2) is 0 Å².